The molecular formula is C9H18N2O. The largest absolute Gasteiger partial charge is 0.383 e. The van der Waals surface area contributed by atoms with Crippen LogP contribution in [0.1, 0.15) is 26.7 Å². The van der Waals surface area contributed by atoms with Gasteiger partial charge in [-0.25, -0.2) is 0 Å². The van der Waals surface area contributed by atoms with Crippen LogP contribution in [0.25, 0.3) is 0 Å². The summed E-state index contributed by atoms with van der Waals surface area (Å²) in [6.45, 7) is 5.24. The molecule has 0 rings (SSSR count). The maximum Gasteiger partial charge on any atom is 0.0658 e. The average Bonchev–Trinajstić information content (AvgIpc) is 2.01. The molecule has 0 heterocycles. The molecule has 0 aliphatic carbocycles. The average molecular weight is 170 g/mol. The summed E-state index contributed by atoms with van der Waals surface area (Å²) in [6, 6.07) is 0. The Balaban J connectivity index is 3.48. The van der Waals surface area contributed by atoms with Crippen LogP contribution in [-0.2, 0) is 4.74 Å². The van der Waals surface area contributed by atoms with Gasteiger partial charge in [0, 0.05) is 18.5 Å². The molecule has 0 aromatic rings. The second-order valence-corrected chi connectivity index (χ2v) is 2.89. The van der Waals surface area contributed by atoms with E-state index in [9.17, 15) is 0 Å². The molecule has 0 unspecified atom stereocenters. The lowest BCUT2D eigenvalue weighted by molar-refractivity contribution is 0.208. The van der Waals surface area contributed by atoms with E-state index in [4.69, 9.17) is 10.1 Å². The van der Waals surface area contributed by atoms with Gasteiger partial charge in [0.25, 0.3) is 0 Å². The highest BCUT2D eigenvalue weighted by Crippen LogP contribution is 1.94. The van der Waals surface area contributed by atoms with E-state index in [-0.39, 0.29) is 0 Å². The van der Waals surface area contributed by atoms with Gasteiger partial charge < -0.3 is 10.1 Å². The molecule has 0 fully saturated rings. The molecule has 0 saturated heterocycles. The third kappa shape index (κ3) is 7.41. The molecular weight excluding hydrogens is 152 g/mol. The van der Waals surface area contributed by atoms with Crippen molar-refractivity contribution in [2.45, 2.75) is 26.7 Å². The molecule has 0 amide bonds. The SMILES string of the molecule is COCCN=C(C)CCC(C)=N. The molecule has 3 heteroatoms. The van der Waals surface area contributed by atoms with E-state index in [0.717, 1.165) is 30.8 Å². The summed E-state index contributed by atoms with van der Waals surface area (Å²) in [4.78, 5) is 4.28. The zero-order chi connectivity index (χ0) is 9.40. The molecule has 70 valence electrons. The fourth-order valence-electron chi connectivity index (χ4n) is 0.775. The number of ether oxygens (including phenoxy) is 1. The predicted octanol–water partition coefficient (Wildman–Crippen LogP) is 1.91. The van der Waals surface area contributed by atoms with Gasteiger partial charge >= 0.3 is 0 Å². The first-order chi connectivity index (χ1) is 5.66. The predicted molar refractivity (Wildman–Crippen MR) is 52.5 cm³/mol. The summed E-state index contributed by atoms with van der Waals surface area (Å²) < 4.78 is 4.87. The highest BCUT2D eigenvalue weighted by molar-refractivity contribution is 5.87. The van der Waals surface area contributed by atoms with Crippen LogP contribution in [0.4, 0.5) is 0 Å². The van der Waals surface area contributed by atoms with Crippen LogP contribution in [0.5, 0.6) is 0 Å². The number of nitrogens with zero attached hydrogens (tertiary/aromatic N) is 1. The minimum Gasteiger partial charge on any atom is -0.383 e. The Morgan fingerprint density at radius 3 is 2.50 bits per heavy atom. The second-order valence-electron chi connectivity index (χ2n) is 2.89. The molecule has 0 aromatic heterocycles. The minimum absolute atomic E-state index is 0.681. The molecule has 1 N–H and O–H groups in total. The smallest absolute Gasteiger partial charge is 0.0658 e. The van der Waals surface area contributed by atoms with E-state index in [1.165, 1.54) is 0 Å². The van der Waals surface area contributed by atoms with E-state index in [2.05, 4.69) is 4.99 Å². The normalized spacial score (nSPS) is 11.8. The summed E-state index contributed by atoms with van der Waals surface area (Å²) in [5.41, 5.74) is 1.83. The van der Waals surface area contributed by atoms with Crippen molar-refractivity contribution in [3.63, 3.8) is 0 Å². The first-order valence-electron chi connectivity index (χ1n) is 4.19. The summed E-state index contributed by atoms with van der Waals surface area (Å²) >= 11 is 0. The zero-order valence-corrected chi connectivity index (χ0v) is 8.18. The maximum absolute atomic E-state index is 7.22. The lowest BCUT2D eigenvalue weighted by Crippen LogP contribution is -2.00. The molecule has 0 saturated carbocycles. The molecule has 0 aliphatic heterocycles. The standard InChI is InChI=1S/C9H18N2O/c1-8(10)4-5-9(2)11-6-7-12-3/h10H,4-7H2,1-3H3. The minimum atomic E-state index is 0.681. The Morgan fingerprint density at radius 2 is 2.00 bits per heavy atom. The summed E-state index contributed by atoms with van der Waals surface area (Å²) in [6.07, 6.45) is 1.72. The highest BCUT2D eigenvalue weighted by atomic mass is 16.5. The van der Waals surface area contributed by atoms with E-state index < -0.39 is 0 Å². The molecule has 0 bridgehead atoms. The van der Waals surface area contributed by atoms with Crippen molar-refractivity contribution < 1.29 is 4.74 Å². The van der Waals surface area contributed by atoms with Crippen molar-refractivity contribution in [1.82, 2.24) is 0 Å². The number of hydrogen-bond acceptors (Lipinski definition) is 3. The van der Waals surface area contributed by atoms with Crippen LogP contribution >= 0.6 is 0 Å². The Labute approximate surface area is 74.4 Å². The lowest BCUT2D eigenvalue weighted by Gasteiger charge is -1.99. The third-order valence-electron chi connectivity index (χ3n) is 1.54. The van der Waals surface area contributed by atoms with Gasteiger partial charge in [0.1, 0.15) is 0 Å². The van der Waals surface area contributed by atoms with Crippen molar-refractivity contribution >= 4 is 11.4 Å². The molecule has 0 spiro atoms. The molecule has 0 aliphatic rings. The van der Waals surface area contributed by atoms with Gasteiger partial charge in [0.05, 0.1) is 13.2 Å². The van der Waals surface area contributed by atoms with E-state index in [1.54, 1.807) is 7.11 Å². The van der Waals surface area contributed by atoms with Crippen molar-refractivity contribution in [2.75, 3.05) is 20.3 Å². The quantitative estimate of drug-likeness (QED) is 0.480. The van der Waals surface area contributed by atoms with Gasteiger partial charge in [0.15, 0.2) is 0 Å². The Hall–Kier alpha value is -0.700. The van der Waals surface area contributed by atoms with Gasteiger partial charge in [0.2, 0.25) is 0 Å². The van der Waals surface area contributed by atoms with Gasteiger partial charge in [-0.3, -0.25) is 4.99 Å². The number of methoxy groups -OCH3 is 1. The molecule has 12 heavy (non-hydrogen) atoms. The number of hydrogen-bond donors (Lipinski definition) is 1. The number of aliphatic imine (C=N–C) groups is 1. The first-order valence-corrected chi connectivity index (χ1v) is 4.19. The number of nitrogens with one attached hydrogen (secondary N) is 1. The van der Waals surface area contributed by atoms with Crippen LogP contribution in [0.3, 0.4) is 0 Å². The molecule has 3 nitrogen and oxygen atoms in total. The second kappa shape index (κ2) is 6.98. The Morgan fingerprint density at radius 1 is 1.33 bits per heavy atom. The Kier molecular flexibility index (Phi) is 6.57. The van der Waals surface area contributed by atoms with Crippen molar-refractivity contribution in [2.24, 2.45) is 4.99 Å². The van der Waals surface area contributed by atoms with Crippen LogP contribution < -0.4 is 0 Å². The summed E-state index contributed by atoms with van der Waals surface area (Å²) in [5, 5.41) is 7.22. The highest BCUT2D eigenvalue weighted by Gasteiger charge is 1.92. The number of rotatable bonds is 6. The van der Waals surface area contributed by atoms with E-state index in [0.29, 0.717) is 6.61 Å². The molecule has 0 aromatic carbocycles. The van der Waals surface area contributed by atoms with Crippen LogP contribution in [0.15, 0.2) is 4.99 Å². The zero-order valence-electron chi connectivity index (χ0n) is 8.18. The topological polar surface area (TPSA) is 45.4 Å². The van der Waals surface area contributed by atoms with Gasteiger partial charge in [-0.2, -0.15) is 0 Å². The fourth-order valence-corrected chi connectivity index (χ4v) is 0.775. The van der Waals surface area contributed by atoms with E-state index >= 15 is 0 Å². The lowest BCUT2D eigenvalue weighted by atomic mass is 10.2. The summed E-state index contributed by atoms with van der Waals surface area (Å²) in [5.74, 6) is 0. The van der Waals surface area contributed by atoms with Crippen LogP contribution in [-0.4, -0.2) is 31.7 Å². The van der Waals surface area contributed by atoms with Crippen molar-refractivity contribution in [1.29, 1.82) is 5.41 Å². The monoisotopic (exact) mass is 170 g/mol. The van der Waals surface area contributed by atoms with Gasteiger partial charge in [-0.05, 0) is 26.7 Å². The molecule has 0 radical (unpaired) electrons. The van der Waals surface area contributed by atoms with Crippen molar-refractivity contribution in [3.8, 4) is 0 Å². The van der Waals surface area contributed by atoms with Crippen LogP contribution in [0.2, 0.25) is 0 Å². The fraction of sp³-hybridized carbons (Fsp3) is 0.778. The van der Waals surface area contributed by atoms with Gasteiger partial charge in [-0.15, -0.1) is 0 Å². The van der Waals surface area contributed by atoms with Crippen LogP contribution in [0, 0.1) is 5.41 Å². The molecule has 0 atom stereocenters. The maximum atomic E-state index is 7.22. The Bertz CT molecular complexity index is 164. The third-order valence-corrected chi connectivity index (χ3v) is 1.54. The van der Waals surface area contributed by atoms with Crippen molar-refractivity contribution in [3.05, 3.63) is 0 Å². The first kappa shape index (κ1) is 11.3. The van der Waals surface area contributed by atoms with E-state index in [1.807, 2.05) is 13.8 Å². The van der Waals surface area contributed by atoms with Gasteiger partial charge in [-0.1, -0.05) is 0 Å². The summed E-state index contributed by atoms with van der Waals surface area (Å²) in [7, 11) is 1.67.